The predicted octanol–water partition coefficient (Wildman–Crippen LogP) is 2.54. The number of nitrogens with zero attached hydrogens (tertiary/aromatic N) is 3. The van der Waals surface area contributed by atoms with E-state index in [4.69, 9.17) is 4.42 Å². The Hall–Kier alpha value is -3.48. The van der Waals surface area contributed by atoms with Crippen molar-refractivity contribution in [1.82, 2.24) is 25.7 Å². The van der Waals surface area contributed by atoms with Gasteiger partial charge in [0.2, 0.25) is 0 Å². The lowest BCUT2D eigenvalue weighted by atomic mass is 10.1. The first kappa shape index (κ1) is 14.1. The van der Waals surface area contributed by atoms with Crippen molar-refractivity contribution in [3.05, 3.63) is 66.1 Å². The van der Waals surface area contributed by atoms with Crippen LogP contribution in [0.25, 0.3) is 22.5 Å². The molecule has 0 radical (unpaired) electrons. The second-order valence-electron chi connectivity index (χ2n) is 5.20. The first-order chi connectivity index (χ1) is 11.8. The summed E-state index contributed by atoms with van der Waals surface area (Å²) in [6.45, 7) is 0.347. The van der Waals surface area contributed by atoms with Gasteiger partial charge in [0.1, 0.15) is 16.7 Å². The number of fused-ring (bicyclic) bond motifs is 1. The molecule has 4 aromatic rings. The summed E-state index contributed by atoms with van der Waals surface area (Å²) in [5.41, 5.74) is 3.50. The maximum absolute atomic E-state index is 12.4. The van der Waals surface area contributed by atoms with Gasteiger partial charge in [0.15, 0.2) is 5.76 Å². The topological polar surface area (TPSA) is 96.7 Å². The molecule has 0 saturated heterocycles. The van der Waals surface area contributed by atoms with Gasteiger partial charge in [-0.3, -0.25) is 9.78 Å². The minimum absolute atomic E-state index is 0.186. The summed E-state index contributed by atoms with van der Waals surface area (Å²) in [7, 11) is 0. The van der Waals surface area contributed by atoms with Gasteiger partial charge in [-0.15, -0.1) is 0 Å². The highest BCUT2D eigenvalue weighted by Crippen LogP contribution is 2.21. The summed E-state index contributed by atoms with van der Waals surface area (Å²) in [5, 5.41) is 13.4. The summed E-state index contributed by atoms with van der Waals surface area (Å²) >= 11 is 0. The fourth-order valence-electron chi connectivity index (χ4n) is 2.48. The molecule has 0 aliphatic heterocycles. The predicted molar refractivity (Wildman–Crippen MR) is 87.0 cm³/mol. The minimum atomic E-state index is -0.186. The molecule has 0 aliphatic carbocycles. The van der Waals surface area contributed by atoms with E-state index < -0.39 is 0 Å². The van der Waals surface area contributed by atoms with Gasteiger partial charge in [0, 0.05) is 23.9 Å². The molecule has 0 spiro atoms. The highest BCUT2D eigenvalue weighted by Gasteiger charge is 2.12. The van der Waals surface area contributed by atoms with Gasteiger partial charge < -0.3 is 9.73 Å². The highest BCUT2D eigenvalue weighted by atomic mass is 16.3. The Morgan fingerprint density at radius 3 is 2.92 bits per heavy atom. The summed E-state index contributed by atoms with van der Waals surface area (Å²) in [6.07, 6.45) is 3.29. The Labute approximate surface area is 136 Å². The number of H-pyrrole nitrogens is 1. The van der Waals surface area contributed by atoms with Gasteiger partial charge >= 0.3 is 0 Å². The summed E-state index contributed by atoms with van der Waals surface area (Å²) in [5.74, 6) is 0.484. The third kappa shape index (κ3) is 2.63. The Balaban J connectivity index is 1.53. The SMILES string of the molecule is O=C(NCc1cccnc1-c1ccco1)c1ccc2n[nH]nc2c1. The average Bonchev–Trinajstić information content (AvgIpc) is 3.30. The van der Waals surface area contributed by atoms with Gasteiger partial charge in [0.25, 0.3) is 5.91 Å². The van der Waals surface area contributed by atoms with Crippen LogP contribution in [0.5, 0.6) is 0 Å². The van der Waals surface area contributed by atoms with E-state index in [1.165, 1.54) is 0 Å². The van der Waals surface area contributed by atoms with Gasteiger partial charge in [-0.2, -0.15) is 15.4 Å². The number of hydrogen-bond acceptors (Lipinski definition) is 5. The number of amides is 1. The third-order valence-corrected chi connectivity index (χ3v) is 3.66. The lowest BCUT2D eigenvalue weighted by Crippen LogP contribution is -2.23. The number of aromatic amines is 1. The lowest BCUT2D eigenvalue weighted by molar-refractivity contribution is 0.0951. The zero-order valence-electron chi connectivity index (χ0n) is 12.6. The second-order valence-corrected chi connectivity index (χ2v) is 5.20. The molecule has 1 aromatic carbocycles. The summed E-state index contributed by atoms with van der Waals surface area (Å²) < 4.78 is 5.40. The zero-order chi connectivity index (χ0) is 16.4. The monoisotopic (exact) mass is 319 g/mol. The van der Waals surface area contributed by atoms with E-state index in [0.717, 1.165) is 16.8 Å². The largest absolute Gasteiger partial charge is 0.463 e. The van der Waals surface area contributed by atoms with E-state index in [1.54, 1.807) is 36.7 Å². The Morgan fingerprint density at radius 1 is 1.12 bits per heavy atom. The molecule has 0 fully saturated rings. The molecule has 0 atom stereocenters. The molecule has 7 nitrogen and oxygen atoms in total. The standard InChI is InChI=1S/C17H13N5O2/c23-17(11-5-6-13-14(9-11)21-22-20-13)19-10-12-3-1-7-18-16(12)15-4-2-8-24-15/h1-9H,10H2,(H,19,23)(H,20,21,22). The van der Waals surface area contributed by atoms with Crippen LogP contribution in [-0.4, -0.2) is 26.3 Å². The molecular weight excluding hydrogens is 306 g/mol. The molecule has 118 valence electrons. The fraction of sp³-hybridized carbons (Fsp3) is 0.0588. The maximum Gasteiger partial charge on any atom is 0.251 e. The van der Waals surface area contributed by atoms with E-state index in [0.29, 0.717) is 23.4 Å². The number of furan rings is 1. The number of carbonyl (C=O) groups excluding carboxylic acids is 1. The van der Waals surface area contributed by atoms with E-state index in [2.05, 4.69) is 25.7 Å². The van der Waals surface area contributed by atoms with Crippen molar-refractivity contribution >= 4 is 16.9 Å². The molecular formula is C17H13N5O2. The number of hydrogen-bond donors (Lipinski definition) is 2. The normalized spacial score (nSPS) is 10.8. The molecule has 7 heteroatoms. The van der Waals surface area contributed by atoms with E-state index in [9.17, 15) is 4.79 Å². The molecule has 0 aliphatic rings. The van der Waals surface area contributed by atoms with Crippen LogP contribution < -0.4 is 5.32 Å². The molecule has 0 unspecified atom stereocenters. The zero-order valence-corrected chi connectivity index (χ0v) is 12.6. The fourth-order valence-corrected chi connectivity index (χ4v) is 2.48. The van der Waals surface area contributed by atoms with Crippen LogP contribution in [0.1, 0.15) is 15.9 Å². The number of aromatic nitrogens is 4. The van der Waals surface area contributed by atoms with Crippen LogP contribution in [0.15, 0.2) is 59.3 Å². The first-order valence-electron chi connectivity index (χ1n) is 7.38. The number of nitrogens with one attached hydrogen (secondary N) is 2. The second kappa shape index (κ2) is 5.96. The number of pyridine rings is 1. The van der Waals surface area contributed by atoms with Gasteiger partial charge in [-0.1, -0.05) is 6.07 Å². The van der Waals surface area contributed by atoms with Gasteiger partial charge in [0.05, 0.1) is 6.26 Å². The smallest absolute Gasteiger partial charge is 0.251 e. The van der Waals surface area contributed by atoms with Crippen molar-refractivity contribution < 1.29 is 9.21 Å². The maximum atomic E-state index is 12.4. The van der Waals surface area contributed by atoms with Gasteiger partial charge in [-0.25, -0.2) is 0 Å². The molecule has 3 aromatic heterocycles. The van der Waals surface area contributed by atoms with E-state index in [-0.39, 0.29) is 5.91 Å². The average molecular weight is 319 g/mol. The van der Waals surface area contributed by atoms with Crippen molar-refractivity contribution in [1.29, 1.82) is 0 Å². The van der Waals surface area contributed by atoms with Crippen LogP contribution >= 0.6 is 0 Å². The van der Waals surface area contributed by atoms with Crippen LogP contribution in [0.4, 0.5) is 0 Å². The minimum Gasteiger partial charge on any atom is -0.463 e. The van der Waals surface area contributed by atoms with Crippen LogP contribution in [-0.2, 0) is 6.54 Å². The molecule has 24 heavy (non-hydrogen) atoms. The summed E-state index contributed by atoms with van der Waals surface area (Å²) in [4.78, 5) is 16.7. The van der Waals surface area contributed by atoms with Crippen LogP contribution in [0.3, 0.4) is 0 Å². The number of benzene rings is 1. The first-order valence-corrected chi connectivity index (χ1v) is 7.38. The molecule has 3 heterocycles. The Bertz CT molecular complexity index is 991. The number of carbonyl (C=O) groups is 1. The molecule has 2 N–H and O–H groups in total. The Kier molecular flexibility index (Phi) is 3.51. The van der Waals surface area contributed by atoms with E-state index >= 15 is 0 Å². The van der Waals surface area contributed by atoms with Crippen LogP contribution in [0, 0.1) is 0 Å². The summed E-state index contributed by atoms with van der Waals surface area (Å²) in [6, 6.07) is 12.6. The molecule has 4 rings (SSSR count). The van der Waals surface area contributed by atoms with Crippen LogP contribution in [0.2, 0.25) is 0 Å². The van der Waals surface area contributed by atoms with Crippen molar-refractivity contribution in [2.75, 3.05) is 0 Å². The quantitative estimate of drug-likeness (QED) is 0.602. The van der Waals surface area contributed by atoms with Gasteiger partial charge in [-0.05, 0) is 36.4 Å². The highest BCUT2D eigenvalue weighted by molar-refractivity contribution is 5.97. The third-order valence-electron chi connectivity index (χ3n) is 3.66. The van der Waals surface area contributed by atoms with Crippen molar-refractivity contribution in [2.24, 2.45) is 0 Å². The Morgan fingerprint density at radius 2 is 2.04 bits per heavy atom. The molecule has 0 bridgehead atoms. The number of rotatable bonds is 4. The molecule has 0 saturated carbocycles. The lowest BCUT2D eigenvalue weighted by Gasteiger charge is -2.08. The molecule has 1 amide bonds. The van der Waals surface area contributed by atoms with Crippen molar-refractivity contribution in [2.45, 2.75) is 6.54 Å². The van der Waals surface area contributed by atoms with Crippen molar-refractivity contribution in [3.8, 4) is 11.5 Å². The van der Waals surface area contributed by atoms with Crippen molar-refractivity contribution in [3.63, 3.8) is 0 Å². The van der Waals surface area contributed by atoms with E-state index in [1.807, 2.05) is 18.2 Å².